The fourth-order valence-corrected chi connectivity index (χ4v) is 4.53. The molecule has 0 bridgehead atoms. The summed E-state index contributed by atoms with van der Waals surface area (Å²) in [5.74, 6) is -0.831. The highest BCUT2D eigenvalue weighted by Crippen LogP contribution is 2.35. The minimum atomic E-state index is -0.992. The van der Waals surface area contributed by atoms with Gasteiger partial charge >= 0.3 is 17.9 Å². The van der Waals surface area contributed by atoms with Crippen molar-refractivity contribution in [2.75, 3.05) is 5.75 Å². The third-order valence-electron chi connectivity index (χ3n) is 4.60. The Balaban J connectivity index is 1.86. The predicted molar refractivity (Wildman–Crippen MR) is 118 cm³/mol. The van der Waals surface area contributed by atoms with E-state index >= 15 is 0 Å². The first-order valence-corrected chi connectivity index (χ1v) is 11.1. The summed E-state index contributed by atoms with van der Waals surface area (Å²) >= 11 is 1.31. The first-order chi connectivity index (χ1) is 15.2. The fraction of sp³-hybridized carbons (Fsp3) is 0.391. The van der Waals surface area contributed by atoms with Crippen LogP contribution in [-0.4, -0.2) is 52.4 Å². The number of carbonyl (C=O) groups excluding carboxylic acids is 3. The van der Waals surface area contributed by atoms with Gasteiger partial charge in [-0.2, -0.15) is 0 Å². The van der Waals surface area contributed by atoms with Crippen molar-refractivity contribution in [3.8, 4) is 17.0 Å². The lowest BCUT2D eigenvalue weighted by atomic mass is 10.1. The molecule has 1 aromatic heterocycles. The van der Waals surface area contributed by atoms with Crippen LogP contribution in [0.1, 0.15) is 26.3 Å². The van der Waals surface area contributed by atoms with Gasteiger partial charge in [-0.05, 0) is 30.7 Å². The van der Waals surface area contributed by atoms with Gasteiger partial charge in [0.05, 0.1) is 5.69 Å². The van der Waals surface area contributed by atoms with Crippen molar-refractivity contribution in [3.05, 3.63) is 48.2 Å². The molecule has 1 aliphatic rings. The zero-order valence-electron chi connectivity index (χ0n) is 18.3. The van der Waals surface area contributed by atoms with Crippen LogP contribution in [0.25, 0.3) is 11.3 Å². The number of aryl methyl sites for hydroxylation is 1. The van der Waals surface area contributed by atoms with E-state index in [1.165, 1.54) is 32.5 Å². The van der Waals surface area contributed by atoms with E-state index < -0.39 is 41.7 Å². The summed E-state index contributed by atoms with van der Waals surface area (Å²) in [6, 6.07) is 11.3. The van der Waals surface area contributed by atoms with Gasteiger partial charge in [-0.25, -0.2) is 0 Å². The third kappa shape index (κ3) is 6.23. The number of ether oxygens (including phenoxy) is 4. The number of rotatable bonds is 6. The van der Waals surface area contributed by atoms with Gasteiger partial charge in [0.15, 0.2) is 23.7 Å². The molecule has 0 radical (unpaired) electrons. The number of thioether (sulfide) groups is 1. The highest BCUT2D eigenvalue weighted by atomic mass is 32.2. The lowest BCUT2D eigenvalue weighted by Crippen LogP contribution is -2.55. The SMILES string of the molecule is CC(=O)O[C@@H]1[C@@H](OC(C)=O)[C@H](OC(C)=O)CS[C@H]1Oc1cccc(-c2ccc(C)cn2)c1. The van der Waals surface area contributed by atoms with E-state index in [9.17, 15) is 14.4 Å². The summed E-state index contributed by atoms with van der Waals surface area (Å²) in [5.41, 5.74) is 2.03. The van der Waals surface area contributed by atoms with E-state index in [-0.39, 0.29) is 0 Å². The van der Waals surface area contributed by atoms with Crippen molar-refractivity contribution in [1.82, 2.24) is 4.98 Å². The second-order valence-corrected chi connectivity index (χ2v) is 8.50. The van der Waals surface area contributed by atoms with Gasteiger partial charge in [-0.3, -0.25) is 19.4 Å². The van der Waals surface area contributed by atoms with E-state index in [4.69, 9.17) is 18.9 Å². The summed E-state index contributed by atoms with van der Waals surface area (Å²) in [6.07, 6.45) is -0.946. The minimum absolute atomic E-state index is 0.305. The summed E-state index contributed by atoms with van der Waals surface area (Å²) < 4.78 is 22.3. The molecule has 2 aromatic rings. The van der Waals surface area contributed by atoms with Crippen LogP contribution in [0.5, 0.6) is 5.75 Å². The van der Waals surface area contributed by atoms with Gasteiger partial charge in [-0.15, -0.1) is 11.8 Å². The van der Waals surface area contributed by atoms with Crippen molar-refractivity contribution >= 4 is 29.7 Å². The maximum Gasteiger partial charge on any atom is 0.303 e. The Morgan fingerprint density at radius 2 is 1.62 bits per heavy atom. The zero-order chi connectivity index (χ0) is 23.3. The van der Waals surface area contributed by atoms with Gasteiger partial charge in [-0.1, -0.05) is 18.2 Å². The molecule has 0 spiro atoms. The van der Waals surface area contributed by atoms with E-state index in [2.05, 4.69) is 4.98 Å². The molecule has 1 aromatic carbocycles. The van der Waals surface area contributed by atoms with Crippen LogP contribution in [0.15, 0.2) is 42.6 Å². The average Bonchev–Trinajstić information content (AvgIpc) is 2.72. The Morgan fingerprint density at radius 1 is 0.938 bits per heavy atom. The molecular weight excluding hydrogens is 434 g/mol. The maximum atomic E-state index is 11.8. The maximum absolute atomic E-state index is 11.8. The van der Waals surface area contributed by atoms with Crippen molar-refractivity contribution < 1.29 is 33.3 Å². The summed E-state index contributed by atoms with van der Waals surface area (Å²) in [6.45, 7) is 5.73. The first kappa shape index (κ1) is 23.6. The molecule has 0 amide bonds. The number of benzene rings is 1. The number of esters is 3. The molecular formula is C23H25NO7S. The number of aromatic nitrogens is 1. The highest BCUT2D eigenvalue weighted by molar-refractivity contribution is 7.99. The van der Waals surface area contributed by atoms with Crippen LogP contribution < -0.4 is 4.74 Å². The number of carbonyl (C=O) groups is 3. The van der Waals surface area contributed by atoms with Crippen LogP contribution in [0, 0.1) is 6.92 Å². The molecule has 9 heteroatoms. The van der Waals surface area contributed by atoms with Gasteiger partial charge in [0, 0.05) is 38.3 Å². The van der Waals surface area contributed by atoms with Crippen molar-refractivity contribution in [1.29, 1.82) is 0 Å². The summed E-state index contributed by atoms with van der Waals surface area (Å²) in [5, 5.41) is 0. The Morgan fingerprint density at radius 3 is 2.25 bits per heavy atom. The third-order valence-corrected chi connectivity index (χ3v) is 5.81. The molecule has 1 fully saturated rings. The molecule has 1 aliphatic heterocycles. The topological polar surface area (TPSA) is 101 Å². The average molecular weight is 460 g/mol. The molecule has 0 aliphatic carbocycles. The monoisotopic (exact) mass is 459 g/mol. The van der Waals surface area contributed by atoms with E-state index in [0.717, 1.165) is 16.8 Å². The second-order valence-electron chi connectivity index (χ2n) is 7.36. The number of hydrogen-bond donors (Lipinski definition) is 0. The Labute approximate surface area is 190 Å². The molecule has 3 rings (SSSR count). The van der Waals surface area contributed by atoms with Crippen LogP contribution >= 0.6 is 11.8 Å². The molecule has 0 N–H and O–H groups in total. The van der Waals surface area contributed by atoms with Crippen LogP contribution in [-0.2, 0) is 28.6 Å². The first-order valence-electron chi connectivity index (χ1n) is 10.1. The Hall–Kier alpha value is -3.07. The number of hydrogen-bond acceptors (Lipinski definition) is 9. The van der Waals surface area contributed by atoms with Crippen molar-refractivity contribution in [3.63, 3.8) is 0 Å². The van der Waals surface area contributed by atoms with Gasteiger partial charge in [0.25, 0.3) is 0 Å². The molecule has 4 atom stereocenters. The molecule has 1 saturated heterocycles. The number of nitrogens with zero attached hydrogens (tertiary/aromatic N) is 1. The lowest BCUT2D eigenvalue weighted by Gasteiger charge is -2.39. The summed E-state index contributed by atoms with van der Waals surface area (Å²) in [4.78, 5) is 39.5. The summed E-state index contributed by atoms with van der Waals surface area (Å²) in [7, 11) is 0. The Bertz CT molecular complexity index is 979. The van der Waals surface area contributed by atoms with E-state index in [0.29, 0.717) is 11.5 Å². The predicted octanol–water partition coefficient (Wildman–Crippen LogP) is 3.30. The lowest BCUT2D eigenvalue weighted by molar-refractivity contribution is -0.186. The molecule has 32 heavy (non-hydrogen) atoms. The van der Waals surface area contributed by atoms with Crippen LogP contribution in [0.4, 0.5) is 0 Å². The van der Waals surface area contributed by atoms with Gasteiger partial charge < -0.3 is 18.9 Å². The smallest absolute Gasteiger partial charge is 0.303 e. The molecule has 2 heterocycles. The quantitative estimate of drug-likeness (QED) is 0.476. The minimum Gasteiger partial charge on any atom is -0.476 e. The normalized spacial score (nSPS) is 22.5. The Kier molecular flexibility index (Phi) is 7.74. The molecule has 0 unspecified atom stereocenters. The van der Waals surface area contributed by atoms with E-state index in [1.807, 2.05) is 37.3 Å². The molecule has 170 valence electrons. The van der Waals surface area contributed by atoms with Gasteiger partial charge in [0.1, 0.15) is 5.75 Å². The fourth-order valence-electron chi connectivity index (χ4n) is 3.31. The standard InChI is InChI=1S/C23H25NO7S/c1-13-8-9-19(24-11-13)17-6-5-7-18(10-17)31-23-22(30-16(4)27)21(29-15(3)26)20(12-32-23)28-14(2)25/h5-11,20-23H,12H2,1-4H3/t20-,21+,22-,23-/m1/s1. The largest absolute Gasteiger partial charge is 0.476 e. The number of pyridine rings is 1. The van der Waals surface area contributed by atoms with Crippen molar-refractivity contribution in [2.24, 2.45) is 0 Å². The van der Waals surface area contributed by atoms with E-state index in [1.54, 1.807) is 12.3 Å². The highest BCUT2D eigenvalue weighted by Gasteiger charge is 2.47. The molecule has 8 nitrogen and oxygen atoms in total. The second kappa shape index (κ2) is 10.5. The van der Waals surface area contributed by atoms with Gasteiger partial charge in [0.2, 0.25) is 0 Å². The van der Waals surface area contributed by atoms with Crippen LogP contribution in [0.2, 0.25) is 0 Å². The molecule has 0 saturated carbocycles. The van der Waals surface area contributed by atoms with Crippen molar-refractivity contribution in [2.45, 2.75) is 51.4 Å². The zero-order valence-corrected chi connectivity index (χ0v) is 19.1. The van der Waals surface area contributed by atoms with Crippen LogP contribution in [0.3, 0.4) is 0 Å².